The van der Waals surface area contributed by atoms with Gasteiger partial charge in [-0.3, -0.25) is 5.10 Å². The molecule has 0 atom stereocenters. The number of rotatable bonds is 7. The maximum absolute atomic E-state index is 11.5. The van der Waals surface area contributed by atoms with Gasteiger partial charge in [-0.05, 0) is 12.8 Å². The van der Waals surface area contributed by atoms with Gasteiger partial charge in [-0.1, -0.05) is 22.4 Å². The van der Waals surface area contributed by atoms with Crippen molar-refractivity contribution in [2.24, 2.45) is 0 Å². The Hall–Kier alpha value is -0.400. The maximum atomic E-state index is 11.5. The number of unbranched alkanes of at least 4 members (excludes halogenated alkanes) is 2. The van der Waals surface area contributed by atoms with E-state index in [1.54, 1.807) is 0 Å². The molecule has 1 aromatic rings. The first-order valence-corrected chi connectivity index (χ1v) is 7.31. The zero-order valence-corrected chi connectivity index (χ0v) is 10.6. The molecule has 1 aromatic heterocycles. The van der Waals surface area contributed by atoms with Crippen LogP contribution in [-0.4, -0.2) is 30.5 Å². The van der Waals surface area contributed by atoms with Gasteiger partial charge in [0.05, 0.1) is 6.20 Å². The van der Waals surface area contributed by atoms with E-state index in [9.17, 15) is 8.42 Å². The second kappa shape index (κ2) is 6.24. The number of alkyl halides is 1. The highest BCUT2D eigenvalue weighted by molar-refractivity contribution is 9.09. The van der Waals surface area contributed by atoms with Crippen LogP contribution in [0.1, 0.15) is 19.3 Å². The van der Waals surface area contributed by atoms with Crippen molar-refractivity contribution in [2.75, 3.05) is 11.9 Å². The topological polar surface area (TPSA) is 74.8 Å². The van der Waals surface area contributed by atoms with Crippen molar-refractivity contribution in [2.45, 2.75) is 24.2 Å². The number of hydrogen-bond acceptors (Lipinski definition) is 3. The summed E-state index contributed by atoms with van der Waals surface area (Å²) in [5, 5.41) is 7.03. The fourth-order valence-corrected chi connectivity index (χ4v) is 2.45. The van der Waals surface area contributed by atoms with Crippen LogP contribution in [0, 0.1) is 0 Å². The number of aromatic amines is 1. The molecule has 1 rings (SSSR count). The third-order valence-corrected chi connectivity index (χ3v) is 3.87. The Labute approximate surface area is 97.8 Å². The minimum absolute atomic E-state index is 0.183. The van der Waals surface area contributed by atoms with E-state index in [1.807, 2.05) is 0 Å². The molecule has 0 amide bonds. The quantitative estimate of drug-likeness (QED) is 0.587. The van der Waals surface area contributed by atoms with E-state index in [0.29, 0.717) is 6.54 Å². The summed E-state index contributed by atoms with van der Waals surface area (Å²) in [7, 11) is -3.36. The standard InChI is InChI=1S/C8H14BrN3O2S/c9-4-2-1-3-5-12-15(13,14)8-6-10-11-7-8/h6-7,12H,1-5H2,(H,10,11). The van der Waals surface area contributed by atoms with Gasteiger partial charge in [0.1, 0.15) is 4.90 Å². The van der Waals surface area contributed by atoms with Gasteiger partial charge in [0.2, 0.25) is 10.0 Å². The monoisotopic (exact) mass is 295 g/mol. The normalized spacial score (nSPS) is 11.8. The average molecular weight is 296 g/mol. The lowest BCUT2D eigenvalue weighted by Crippen LogP contribution is -2.24. The summed E-state index contributed by atoms with van der Waals surface area (Å²) in [6.07, 6.45) is 5.58. The first-order valence-electron chi connectivity index (χ1n) is 4.71. The largest absolute Gasteiger partial charge is 0.284 e. The van der Waals surface area contributed by atoms with Crippen LogP contribution < -0.4 is 4.72 Å². The zero-order valence-electron chi connectivity index (χ0n) is 8.24. The van der Waals surface area contributed by atoms with Crippen molar-refractivity contribution in [3.05, 3.63) is 12.4 Å². The van der Waals surface area contributed by atoms with E-state index in [2.05, 4.69) is 30.8 Å². The number of hydrogen-bond donors (Lipinski definition) is 2. The average Bonchev–Trinajstić information content (AvgIpc) is 2.70. The van der Waals surface area contributed by atoms with Crippen molar-refractivity contribution >= 4 is 26.0 Å². The lowest BCUT2D eigenvalue weighted by atomic mass is 10.3. The second-order valence-corrected chi connectivity index (χ2v) is 5.64. The Kier molecular flexibility index (Phi) is 5.27. The Balaban J connectivity index is 2.32. The summed E-state index contributed by atoms with van der Waals surface area (Å²) >= 11 is 3.32. The predicted octanol–water partition coefficient (Wildman–Crippen LogP) is 1.25. The van der Waals surface area contributed by atoms with Crippen LogP contribution in [0.3, 0.4) is 0 Å². The van der Waals surface area contributed by atoms with Crippen molar-refractivity contribution < 1.29 is 8.42 Å². The van der Waals surface area contributed by atoms with Crippen LogP contribution in [0.4, 0.5) is 0 Å². The van der Waals surface area contributed by atoms with Gasteiger partial charge < -0.3 is 0 Å². The molecule has 0 fully saturated rings. The Morgan fingerprint density at radius 2 is 2.20 bits per heavy atom. The van der Waals surface area contributed by atoms with Crippen LogP contribution >= 0.6 is 15.9 Å². The van der Waals surface area contributed by atoms with Crippen molar-refractivity contribution in [1.82, 2.24) is 14.9 Å². The van der Waals surface area contributed by atoms with Crippen LogP contribution in [0.2, 0.25) is 0 Å². The second-order valence-electron chi connectivity index (χ2n) is 3.08. The van der Waals surface area contributed by atoms with E-state index in [-0.39, 0.29) is 4.90 Å². The number of halogens is 1. The number of sulfonamides is 1. The Morgan fingerprint density at radius 3 is 2.80 bits per heavy atom. The number of nitrogens with zero attached hydrogens (tertiary/aromatic N) is 1. The summed E-state index contributed by atoms with van der Waals surface area (Å²) in [6, 6.07) is 0. The molecule has 0 radical (unpaired) electrons. The van der Waals surface area contributed by atoms with Crippen LogP contribution in [-0.2, 0) is 10.0 Å². The SMILES string of the molecule is O=S(=O)(NCCCCCBr)c1cn[nH]c1. The molecule has 7 heteroatoms. The zero-order chi connectivity index (χ0) is 11.1. The van der Waals surface area contributed by atoms with Crippen LogP contribution in [0.15, 0.2) is 17.3 Å². The van der Waals surface area contributed by atoms with Crippen LogP contribution in [0.25, 0.3) is 0 Å². The smallest absolute Gasteiger partial charge is 0.243 e. The molecular weight excluding hydrogens is 282 g/mol. The van der Waals surface area contributed by atoms with Gasteiger partial charge in [-0.25, -0.2) is 13.1 Å². The number of nitrogens with one attached hydrogen (secondary N) is 2. The molecule has 0 unspecified atom stereocenters. The van der Waals surface area contributed by atoms with Crippen molar-refractivity contribution in [1.29, 1.82) is 0 Å². The third kappa shape index (κ3) is 4.31. The molecule has 0 saturated heterocycles. The van der Waals surface area contributed by atoms with Gasteiger partial charge in [0.25, 0.3) is 0 Å². The highest BCUT2D eigenvalue weighted by Crippen LogP contribution is 2.04. The summed E-state index contributed by atoms with van der Waals surface area (Å²) < 4.78 is 25.6. The molecule has 0 aromatic carbocycles. The molecule has 0 aliphatic heterocycles. The van der Waals surface area contributed by atoms with E-state index < -0.39 is 10.0 Å². The van der Waals surface area contributed by atoms with E-state index >= 15 is 0 Å². The third-order valence-electron chi connectivity index (χ3n) is 1.89. The van der Waals surface area contributed by atoms with Gasteiger partial charge in [0, 0.05) is 18.1 Å². The van der Waals surface area contributed by atoms with Crippen molar-refractivity contribution in [3.8, 4) is 0 Å². The number of H-pyrrole nitrogens is 1. The van der Waals surface area contributed by atoms with E-state index in [0.717, 1.165) is 24.6 Å². The number of aromatic nitrogens is 2. The molecule has 1 heterocycles. The Bertz CT molecular complexity index is 363. The summed E-state index contributed by atoms with van der Waals surface area (Å²) in [5.74, 6) is 0. The van der Waals surface area contributed by atoms with E-state index in [4.69, 9.17) is 0 Å². The van der Waals surface area contributed by atoms with Gasteiger partial charge in [-0.2, -0.15) is 5.10 Å². The fourth-order valence-electron chi connectivity index (χ4n) is 1.07. The minimum atomic E-state index is -3.36. The Morgan fingerprint density at radius 1 is 1.40 bits per heavy atom. The maximum Gasteiger partial charge on any atom is 0.243 e. The molecule has 0 saturated carbocycles. The summed E-state index contributed by atoms with van der Waals surface area (Å²) in [5.41, 5.74) is 0. The molecule has 15 heavy (non-hydrogen) atoms. The van der Waals surface area contributed by atoms with Crippen LogP contribution in [0.5, 0.6) is 0 Å². The molecule has 0 aliphatic carbocycles. The lowest BCUT2D eigenvalue weighted by molar-refractivity contribution is 0.576. The first kappa shape index (κ1) is 12.7. The highest BCUT2D eigenvalue weighted by atomic mass is 79.9. The highest BCUT2D eigenvalue weighted by Gasteiger charge is 2.13. The molecule has 86 valence electrons. The molecule has 0 bridgehead atoms. The van der Waals surface area contributed by atoms with Crippen molar-refractivity contribution in [3.63, 3.8) is 0 Å². The molecular formula is C8H14BrN3O2S. The fraction of sp³-hybridized carbons (Fsp3) is 0.625. The summed E-state index contributed by atoms with van der Waals surface area (Å²) in [6.45, 7) is 0.473. The van der Waals surface area contributed by atoms with Gasteiger partial charge in [0.15, 0.2) is 0 Å². The van der Waals surface area contributed by atoms with Gasteiger partial charge in [-0.15, -0.1) is 0 Å². The predicted molar refractivity (Wildman–Crippen MR) is 61.4 cm³/mol. The van der Waals surface area contributed by atoms with E-state index in [1.165, 1.54) is 12.4 Å². The molecule has 0 spiro atoms. The van der Waals surface area contributed by atoms with Gasteiger partial charge >= 0.3 is 0 Å². The molecule has 5 nitrogen and oxygen atoms in total. The minimum Gasteiger partial charge on any atom is -0.284 e. The molecule has 2 N–H and O–H groups in total. The molecule has 0 aliphatic rings. The first-order chi connectivity index (χ1) is 7.17. The lowest BCUT2D eigenvalue weighted by Gasteiger charge is -2.03. The summed E-state index contributed by atoms with van der Waals surface area (Å²) in [4.78, 5) is 0.183.